The van der Waals surface area contributed by atoms with E-state index >= 15 is 0 Å². The fraction of sp³-hybridized carbons (Fsp3) is 0.240. The number of fused-ring (bicyclic) bond motifs is 5. The molecule has 2 aliphatic rings. The van der Waals surface area contributed by atoms with Crippen molar-refractivity contribution in [2.45, 2.75) is 31.7 Å². The zero-order valence-electron chi connectivity index (χ0n) is 17.2. The van der Waals surface area contributed by atoms with E-state index in [0.717, 1.165) is 48.5 Å². The molecule has 1 amide bonds. The quantitative estimate of drug-likeness (QED) is 0.449. The van der Waals surface area contributed by atoms with Gasteiger partial charge in [-0.15, -0.1) is 11.3 Å². The summed E-state index contributed by atoms with van der Waals surface area (Å²) in [6.07, 6.45) is 6.19. The van der Waals surface area contributed by atoms with Crippen molar-refractivity contribution in [2.24, 2.45) is 0 Å². The van der Waals surface area contributed by atoms with Gasteiger partial charge in [-0.05, 0) is 67.7 Å². The van der Waals surface area contributed by atoms with Crippen LogP contribution < -0.4 is 10.6 Å². The smallest absolute Gasteiger partial charge is 0.263 e. The van der Waals surface area contributed by atoms with Crippen LogP contribution in [-0.2, 0) is 0 Å². The number of hydrogen-bond donors (Lipinski definition) is 2. The number of amides is 1. The summed E-state index contributed by atoms with van der Waals surface area (Å²) in [7, 11) is 0. The number of nitrogens with zero attached hydrogens (tertiary/aromatic N) is 2. The van der Waals surface area contributed by atoms with Crippen LogP contribution in [0.15, 0.2) is 43.1 Å². The number of benzene rings is 1. The number of carbonyl (C=O) groups excluding carboxylic acids is 1. The van der Waals surface area contributed by atoms with Crippen molar-refractivity contribution in [1.82, 2.24) is 15.3 Å². The third kappa shape index (κ3) is 3.01. The Labute approximate surface area is 184 Å². The Morgan fingerprint density at radius 3 is 2.90 bits per heavy atom. The molecule has 4 heterocycles. The topological polar surface area (TPSA) is 66.9 Å². The van der Waals surface area contributed by atoms with Gasteiger partial charge >= 0.3 is 0 Å². The van der Waals surface area contributed by atoms with E-state index in [0.29, 0.717) is 12.5 Å². The molecule has 0 unspecified atom stereocenters. The molecule has 0 radical (unpaired) electrons. The first kappa shape index (κ1) is 18.5. The number of carbonyl (C=O) groups is 1. The summed E-state index contributed by atoms with van der Waals surface area (Å²) >= 11 is 1.54. The first-order chi connectivity index (χ1) is 15.1. The summed E-state index contributed by atoms with van der Waals surface area (Å²) in [5.74, 6) is 0.577. The zero-order valence-corrected chi connectivity index (χ0v) is 18.1. The summed E-state index contributed by atoms with van der Waals surface area (Å²) in [5.41, 5.74) is 6.10. The van der Waals surface area contributed by atoms with Crippen LogP contribution in [0.1, 0.15) is 46.6 Å². The van der Waals surface area contributed by atoms with Gasteiger partial charge in [0.2, 0.25) is 0 Å². The number of hydrogen-bond acceptors (Lipinski definition) is 5. The minimum absolute atomic E-state index is 0.00533. The molecule has 4 aromatic rings. The van der Waals surface area contributed by atoms with E-state index < -0.39 is 0 Å². The van der Waals surface area contributed by atoms with Crippen molar-refractivity contribution in [3.8, 4) is 11.3 Å². The Morgan fingerprint density at radius 1 is 1.23 bits per heavy atom. The molecule has 1 aromatic carbocycles. The molecular formula is C25H22N4OS. The predicted octanol–water partition coefficient (Wildman–Crippen LogP) is 5.58. The molecule has 1 fully saturated rings. The minimum Gasteiger partial charge on any atom is -0.381 e. The van der Waals surface area contributed by atoms with E-state index in [4.69, 9.17) is 4.98 Å². The highest BCUT2D eigenvalue weighted by atomic mass is 32.1. The lowest BCUT2D eigenvalue weighted by molar-refractivity contribution is 0.0949. The summed E-state index contributed by atoms with van der Waals surface area (Å²) in [6.45, 7) is 6.59. The van der Waals surface area contributed by atoms with Gasteiger partial charge in [0, 0.05) is 39.8 Å². The molecule has 31 heavy (non-hydrogen) atoms. The molecule has 1 saturated carbocycles. The Hall–Kier alpha value is -3.25. The molecule has 0 bridgehead atoms. The summed E-state index contributed by atoms with van der Waals surface area (Å²) in [6, 6.07) is 10.6. The monoisotopic (exact) mass is 426 g/mol. The molecule has 6 rings (SSSR count). The third-order valence-corrected chi connectivity index (χ3v) is 7.30. The van der Waals surface area contributed by atoms with Crippen molar-refractivity contribution in [3.05, 3.63) is 59.2 Å². The second-order valence-electron chi connectivity index (χ2n) is 8.44. The normalized spacial score (nSPS) is 18.4. The van der Waals surface area contributed by atoms with Gasteiger partial charge in [0.25, 0.3) is 5.91 Å². The molecular weight excluding hydrogens is 404 g/mol. The molecule has 1 aliphatic carbocycles. The van der Waals surface area contributed by atoms with E-state index in [2.05, 4.69) is 52.5 Å². The van der Waals surface area contributed by atoms with Crippen LogP contribution in [0.25, 0.3) is 38.3 Å². The summed E-state index contributed by atoms with van der Waals surface area (Å²) in [5, 5.41) is 8.70. The number of pyridine rings is 2. The first-order valence-electron chi connectivity index (χ1n) is 10.7. The molecule has 3 aromatic heterocycles. The number of thiophene rings is 1. The van der Waals surface area contributed by atoms with Crippen molar-refractivity contribution < 1.29 is 4.79 Å². The van der Waals surface area contributed by atoms with Crippen molar-refractivity contribution in [1.29, 1.82) is 0 Å². The number of rotatable bonds is 3. The molecule has 6 heteroatoms. The molecule has 1 aliphatic heterocycles. The average molecular weight is 427 g/mol. The van der Waals surface area contributed by atoms with Crippen LogP contribution in [0.4, 0.5) is 5.69 Å². The van der Waals surface area contributed by atoms with Gasteiger partial charge in [-0.1, -0.05) is 6.58 Å². The molecule has 0 saturated heterocycles. The summed E-state index contributed by atoms with van der Waals surface area (Å²) < 4.78 is 1.10. The van der Waals surface area contributed by atoms with Gasteiger partial charge in [-0.3, -0.25) is 9.78 Å². The number of aromatic nitrogens is 2. The lowest BCUT2D eigenvalue weighted by Gasteiger charge is -2.12. The van der Waals surface area contributed by atoms with Gasteiger partial charge < -0.3 is 10.6 Å². The van der Waals surface area contributed by atoms with Crippen molar-refractivity contribution in [2.75, 3.05) is 11.9 Å². The van der Waals surface area contributed by atoms with Gasteiger partial charge in [0.05, 0.1) is 22.6 Å². The average Bonchev–Trinajstić information content (AvgIpc) is 3.58. The van der Waals surface area contributed by atoms with Crippen molar-refractivity contribution in [3.63, 3.8) is 0 Å². The lowest BCUT2D eigenvalue weighted by Crippen LogP contribution is -2.34. The Bertz CT molecular complexity index is 1390. The maximum absolute atomic E-state index is 12.7. The van der Waals surface area contributed by atoms with E-state index in [9.17, 15) is 4.79 Å². The van der Waals surface area contributed by atoms with Crippen LogP contribution in [0.3, 0.4) is 0 Å². The van der Waals surface area contributed by atoms with Crippen LogP contribution in [0, 0.1) is 0 Å². The van der Waals surface area contributed by atoms with Crippen LogP contribution in [0.2, 0.25) is 0 Å². The van der Waals surface area contributed by atoms with E-state index in [1.807, 2.05) is 13.1 Å². The Balaban J connectivity index is 1.54. The number of nitrogens with one attached hydrogen (secondary N) is 2. The first-order valence-corrected chi connectivity index (χ1v) is 11.5. The zero-order chi connectivity index (χ0) is 21.1. The lowest BCUT2D eigenvalue weighted by atomic mass is 10.00. The molecule has 2 N–H and O–H groups in total. The van der Waals surface area contributed by atoms with Gasteiger partial charge in [-0.2, -0.15) is 0 Å². The SMILES string of the molecule is C=Cc1cc(-c2ccc3c(ccc4sc5c(c43)NC[C@@H](C)NC5=O)n2)c(C2CC2)cn1. The van der Waals surface area contributed by atoms with E-state index in [1.165, 1.54) is 29.7 Å². The Morgan fingerprint density at radius 2 is 2.10 bits per heavy atom. The highest BCUT2D eigenvalue weighted by Crippen LogP contribution is 2.45. The van der Waals surface area contributed by atoms with Gasteiger partial charge in [0.1, 0.15) is 4.88 Å². The van der Waals surface area contributed by atoms with Gasteiger partial charge in [-0.25, -0.2) is 4.98 Å². The largest absolute Gasteiger partial charge is 0.381 e. The van der Waals surface area contributed by atoms with Crippen LogP contribution >= 0.6 is 11.3 Å². The maximum atomic E-state index is 12.7. The Kier molecular flexibility index (Phi) is 4.11. The molecule has 5 nitrogen and oxygen atoms in total. The summed E-state index contributed by atoms with van der Waals surface area (Å²) in [4.78, 5) is 23.0. The number of anilines is 1. The predicted molar refractivity (Wildman–Crippen MR) is 128 cm³/mol. The van der Waals surface area contributed by atoms with Crippen molar-refractivity contribution >= 4 is 50.0 Å². The highest BCUT2D eigenvalue weighted by Gasteiger charge is 2.28. The highest BCUT2D eigenvalue weighted by molar-refractivity contribution is 7.21. The van der Waals surface area contributed by atoms with E-state index in [1.54, 1.807) is 6.08 Å². The fourth-order valence-corrected chi connectivity index (χ4v) is 5.51. The molecule has 1 atom stereocenters. The van der Waals surface area contributed by atoms with Crippen LogP contribution in [0.5, 0.6) is 0 Å². The second kappa shape index (κ2) is 6.89. The maximum Gasteiger partial charge on any atom is 0.263 e. The van der Waals surface area contributed by atoms with Gasteiger partial charge in [0.15, 0.2) is 0 Å². The van der Waals surface area contributed by atoms with E-state index in [-0.39, 0.29) is 11.9 Å². The molecule has 0 spiro atoms. The second-order valence-corrected chi connectivity index (χ2v) is 9.49. The fourth-order valence-electron chi connectivity index (χ4n) is 4.41. The molecule has 154 valence electrons. The third-order valence-electron chi connectivity index (χ3n) is 6.15. The standard InChI is InChI=1S/C25H22N4OS/c1-3-15-10-17(18(12-26-15)14-4-5-14)20-7-6-16-19(29-20)8-9-21-22(16)23-24(31-21)25(30)28-13(2)11-27-23/h3,6-10,12-14,27H,1,4-5,11H2,2H3,(H,28,30)/t13-/m1/s1. The minimum atomic E-state index is -0.00533. The van der Waals surface area contributed by atoms with Crippen LogP contribution in [-0.4, -0.2) is 28.5 Å².